The number of ether oxygens (including phenoxy) is 2. The molecule has 1 aliphatic rings. The first kappa shape index (κ1) is 16.9. The zero-order chi connectivity index (χ0) is 17.1. The van der Waals surface area contributed by atoms with Crippen LogP contribution in [0.3, 0.4) is 0 Å². The van der Waals surface area contributed by atoms with E-state index in [-0.39, 0.29) is 0 Å². The normalized spacial score (nSPS) is 20.7. The molecule has 0 radical (unpaired) electrons. The van der Waals surface area contributed by atoms with Crippen LogP contribution in [-0.2, 0) is 6.54 Å². The van der Waals surface area contributed by atoms with Gasteiger partial charge in [-0.05, 0) is 42.7 Å². The van der Waals surface area contributed by atoms with E-state index in [2.05, 4.69) is 18.3 Å². The zero-order valence-electron chi connectivity index (χ0n) is 14.4. The van der Waals surface area contributed by atoms with Gasteiger partial charge >= 0.3 is 0 Å². The average Bonchev–Trinajstić information content (AvgIpc) is 3.15. The van der Waals surface area contributed by atoms with Crippen molar-refractivity contribution in [2.75, 3.05) is 20.8 Å². The molecule has 24 heavy (non-hydrogen) atoms. The van der Waals surface area contributed by atoms with Crippen molar-refractivity contribution in [1.29, 1.82) is 0 Å². The number of rotatable bonds is 8. The third-order valence-corrected chi connectivity index (χ3v) is 4.59. The van der Waals surface area contributed by atoms with Crippen molar-refractivity contribution in [2.45, 2.75) is 31.9 Å². The zero-order valence-corrected chi connectivity index (χ0v) is 14.4. The Morgan fingerprint density at radius 2 is 2.04 bits per heavy atom. The van der Waals surface area contributed by atoms with E-state index in [9.17, 15) is 5.11 Å². The summed E-state index contributed by atoms with van der Waals surface area (Å²) in [6.45, 7) is 3.23. The third-order valence-electron chi connectivity index (χ3n) is 4.59. The summed E-state index contributed by atoms with van der Waals surface area (Å²) in [5, 5.41) is 13.7. The summed E-state index contributed by atoms with van der Waals surface area (Å²) in [4.78, 5) is 0. The second-order valence-corrected chi connectivity index (χ2v) is 6.38. The summed E-state index contributed by atoms with van der Waals surface area (Å²) in [5.41, 5.74) is 0.705. The fraction of sp³-hybridized carbons (Fsp3) is 0.474. The van der Waals surface area contributed by atoms with Crippen molar-refractivity contribution < 1.29 is 19.0 Å². The first-order valence-electron chi connectivity index (χ1n) is 8.31. The first-order chi connectivity index (χ1) is 11.6. The van der Waals surface area contributed by atoms with Crippen LogP contribution in [-0.4, -0.2) is 25.9 Å². The lowest BCUT2D eigenvalue weighted by Crippen LogP contribution is -2.21. The number of benzene rings is 1. The number of nitrogens with one attached hydrogen (secondary N) is 1. The van der Waals surface area contributed by atoms with E-state index < -0.39 is 6.10 Å². The van der Waals surface area contributed by atoms with E-state index in [0.29, 0.717) is 36.1 Å². The van der Waals surface area contributed by atoms with E-state index in [4.69, 9.17) is 13.9 Å². The molecule has 1 fully saturated rings. The fourth-order valence-corrected chi connectivity index (χ4v) is 2.95. The second-order valence-electron chi connectivity index (χ2n) is 6.38. The Hall–Kier alpha value is -1.98. The Labute approximate surface area is 142 Å². The summed E-state index contributed by atoms with van der Waals surface area (Å²) in [5.74, 6) is 4.64. The summed E-state index contributed by atoms with van der Waals surface area (Å²) < 4.78 is 16.4. The van der Waals surface area contributed by atoms with Crippen LogP contribution < -0.4 is 14.8 Å². The second kappa shape index (κ2) is 7.28. The molecule has 5 heteroatoms. The molecule has 1 heterocycles. The number of hydrogen-bond donors (Lipinski definition) is 2. The van der Waals surface area contributed by atoms with E-state index in [1.165, 1.54) is 6.42 Å². The predicted molar refractivity (Wildman–Crippen MR) is 91.4 cm³/mol. The molecule has 0 spiro atoms. The smallest absolute Gasteiger partial charge is 0.124 e. The molecule has 1 aromatic heterocycles. The Morgan fingerprint density at radius 3 is 2.71 bits per heavy atom. The molecule has 3 atom stereocenters. The van der Waals surface area contributed by atoms with Crippen molar-refractivity contribution in [3.05, 3.63) is 47.4 Å². The van der Waals surface area contributed by atoms with E-state index in [1.54, 1.807) is 26.4 Å². The van der Waals surface area contributed by atoms with Gasteiger partial charge in [-0.2, -0.15) is 0 Å². The molecule has 2 aromatic rings. The monoisotopic (exact) mass is 331 g/mol. The topological polar surface area (TPSA) is 63.9 Å². The number of hydrogen-bond acceptors (Lipinski definition) is 5. The first-order valence-corrected chi connectivity index (χ1v) is 8.31. The van der Waals surface area contributed by atoms with Gasteiger partial charge in [-0.1, -0.05) is 6.92 Å². The predicted octanol–water partition coefficient (Wildman–Crippen LogP) is 3.24. The Balaban J connectivity index is 1.55. The van der Waals surface area contributed by atoms with Crippen molar-refractivity contribution in [1.82, 2.24) is 5.32 Å². The lowest BCUT2D eigenvalue weighted by molar-refractivity contribution is 0.168. The van der Waals surface area contributed by atoms with Crippen LogP contribution in [0, 0.1) is 5.92 Å². The maximum absolute atomic E-state index is 10.4. The van der Waals surface area contributed by atoms with Crippen LogP contribution in [0.4, 0.5) is 0 Å². The molecule has 0 bridgehead atoms. The summed E-state index contributed by atoms with van der Waals surface area (Å²) in [7, 11) is 3.19. The van der Waals surface area contributed by atoms with Crippen LogP contribution in [0.25, 0.3) is 0 Å². The standard InChI is InChI=1S/C19H25NO4/c1-12-8-15(12)19-7-5-14(24-19)10-20-11-17(21)16-9-13(22-2)4-6-18(16)23-3/h4-7,9,12,15,17,20-21H,8,10-11H2,1-3H3. The minimum absolute atomic E-state index is 0.402. The number of furan rings is 1. The molecule has 130 valence electrons. The van der Waals surface area contributed by atoms with Crippen LogP contribution in [0.15, 0.2) is 34.7 Å². The molecular formula is C19H25NO4. The molecule has 1 aromatic carbocycles. The van der Waals surface area contributed by atoms with Gasteiger partial charge in [0, 0.05) is 18.0 Å². The molecule has 5 nitrogen and oxygen atoms in total. The largest absolute Gasteiger partial charge is 0.497 e. The van der Waals surface area contributed by atoms with Gasteiger partial charge < -0.3 is 24.3 Å². The number of methoxy groups -OCH3 is 2. The van der Waals surface area contributed by atoms with Gasteiger partial charge in [-0.3, -0.25) is 0 Å². The van der Waals surface area contributed by atoms with Crippen molar-refractivity contribution in [3.63, 3.8) is 0 Å². The highest BCUT2D eigenvalue weighted by Crippen LogP contribution is 2.47. The molecule has 1 aliphatic carbocycles. The highest BCUT2D eigenvalue weighted by molar-refractivity contribution is 5.41. The van der Waals surface area contributed by atoms with Crippen LogP contribution in [0.2, 0.25) is 0 Å². The molecule has 1 saturated carbocycles. The maximum Gasteiger partial charge on any atom is 0.124 e. The lowest BCUT2D eigenvalue weighted by atomic mass is 10.1. The molecule has 3 unspecified atom stereocenters. The SMILES string of the molecule is COc1ccc(OC)c(C(O)CNCc2ccc(C3CC3C)o2)c1. The van der Waals surface area contributed by atoms with Gasteiger partial charge in [0.05, 0.1) is 26.9 Å². The maximum atomic E-state index is 10.4. The van der Waals surface area contributed by atoms with Gasteiger partial charge in [0.1, 0.15) is 23.0 Å². The Kier molecular flexibility index (Phi) is 5.11. The lowest BCUT2D eigenvalue weighted by Gasteiger charge is -2.16. The van der Waals surface area contributed by atoms with E-state index in [1.807, 2.05) is 12.1 Å². The summed E-state index contributed by atoms with van der Waals surface area (Å²) >= 11 is 0. The molecule has 0 saturated heterocycles. The number of aliphatic hydroxyl groups excluding tert-OH is 1. The van der Waals surface area contributed by atoms with E-state index in [0.717, 1.165) is 17.4 Å². The van der Waals surface area contributed by atoms with Crippen LogP contribution in [0.1, 0.15) is 42.5 Å². The van der Waals surface area contributed by atoms with Crippen molar-refractivity contribution >= 4 is 0 Å². The van der Waals surface area contributed by atoms with Gasteiger partial charge in [0.25, 0.3) is 0 Å². The molecule has 0 amide bonds. The highest BCUT2D eigenvalue weighted by Gasteiger charge is 2.36. The molecule has 3 rings (SSSR count). The Bertz CT molecular complexity index is 682. The molecule has 0 aliphatic heterocycles. The van der Waals surface area contributed by atoms with Crippen molar-refractivity contribution in [2.24, 2.45) is 5.92 Å². The van der Waals surface area contributed by atoms with Crippen LogP contribution in [0.5, 0.6) is 11.5 Å². The van der Waals surface area contributed by atoms with E-state index >= 15 is 0 Å². The quantitative estimate of drug-likeness (QED) is 0.777. The minimum Gasteiger partial charge on any atom is -0.497 e. The highest BCUT2D eigenvalue weighted by atomic mass is 16.5. The Morgan fingerprint density at radius 1 is 1.25 bits per heavy atom. The average molecular weight is 331 g/mol. The van der Waals surface area contributed by atoms with Crippen molar-refractivity contribution in [3.8, 4) is 11.5 Å². The molecule has 2 N–H and O–H groups in total. The summed E-state index contributed by atoms with van der Waals surface area (Å²) in [6, 6.07) is 9.47. The molecular weight excluding hydrogens is 306 g/mol. The van der Waals surface area contributed by atoms with Gasteiger partial charge in [-0.25, -0.2) is 0 Å². The van der Waals surface area contributed by atoms with Gasteiger partial charge in [0.15, 0.2) is 0 Å². The van der Waals surface area contributed by atoms with Gasteiger partial charge in [0.2, 0.25) is 0 Å². The third kappa shape index (κ3) is 3.74. The van der Waals surface area contributed by atoms with Gasteiger partial charge in [-0.15, -0.1) is 0 Å². The summed E-state index contributed by atoms with van der Waals surface area (Å²) in [6.07, 6.45) is 0.530. The minimum atomic E-state index is -0.687. The fourth-order valence-electron chi connectivity index (χ4n) is 2.95. The van der Waals surface area contributed by atoms with Crippen LogP contribution >= 0.6 is 0 Å². The number of aliphatic hydroxyl groups is 1.